The first-order valence-corrected chi connectivity index (χ1v) is 9.74. The van der Waals surface area contributed by atoms with Gasteiger partial charge in [-0.25, -0.2) is 9.97 Å². The van der Waals surface area contributed by atoms with Gasteiger partial charge >= 0.3 is 5.69 Å². The van der Waals surface area contributed by atoms with Crippen molar-refractivity contribution in [3.05, 3.63) is 79.5 Å². The Hall–Kier alpha value is -2.59. The first kappa shape index (κ1) is 21.1. The average Bonchev–Trinajstić information content (AvgIpc) is 2.67. The molecule has 29 heavy (non-hydrogen) atoms. The third-order valence-electron chi connectivity index (χ3n) is 3.47. The van der Waals surface area contributed by atoms with Crippen molar-refractivity contribution >= 4 is 64.0 Å². The standard InChI is InChI=1S/C17H10Cl3N5O3S/c18-9-1-4-11(5-2-9)29-17-14(25(27)28)15(21-8-22-17)23-24-16(26)12-6-3-10(19)7-13(12)20/h1-8H,(H,24,26)(H,21,22,23). The van der Waals surface area contributed by atoms with Gasteiger partial charge in [0.15, 0.2) is 5.03 Å². The summed E-state index contributed by atoms with van der Waals surface area (Å²) >= 11 is 18.7. The first-order valence-electron chi connectivity index (χ1n) is 7.79. The van der Waals surface area contributed by atoms with Crippen LogP contribution in [0.15, 0.2) is 58.7 Å². The normalized spacial score (nSPS) is 10.4. The van der Waals surface area contributed by atoms with Crippen LogP contribution in [-0.2, 0) is 0 Å². The fourth-order valence-corrected chi connectivity index (χ4v) is 3.65. The van der Waals surface area contributed by atoms with Crippen molar-refractivity contribution in [2.45, 2.75) is 9.92 Å². The number of carbonyl (C=O) groups is 1. The van der Waals surface area contributed by atoms with Crippen molar-refractivity contribution in [2.24, 2.45) is 0 Å². The second-order valence-corrected chi connectivity index (χ2v) is 7.73. The van der Waals surface area contributed by atoms with Crippen LogP contribution in [0.3, 0.4) is 0 Å². The van der Waals surface area contributed by atoms with Crippen LogP contribution in [-0.4, -0.2) is 20.8 Å². The summed E-state index contributed by atoms with van der Waals surface area (Å²) in [4.78, 5) is 31.8. The molecule has 8 nitrogen and oxygen atoms in total. The Morgan fingerprint density at radius 2 is 1.72 bits per heavy atom. The number of nitro groups is 1. The molecule has 0 unspecified atom stereocenters. The Bertz CT molecular complexity index is 1080. The van der Waals surface area contributed by atoms with Gasteiger partial charge in [0.05, 0.1) is 15.5 Å². The van der Waals surface area contributed by atoms with Crippen molar-refractivity contribution in [3.8, 4) is 0 Å². The number of hydrogen-bond acceptors (Lipinski definition) is 7. The van der Waals surface area contributed by atoms with Crippen LogP contribution in [0.5, 0.6) is 0 Å². The highest BCUT2D eigenvalue weighted by Crippen LogP contribution is 2.36. The zero-order valence-corrected chi connectivity index (χ0v) is 17.3. The number of halogens is 3. The highest BCUT2D eigenvalue weighted by molar-refractivity contribution is 7.99. The van der Waals surface area contributed by atoms with Gasteiger partial charge in [-0.2, -0.15) is 0 Å². The van der Waals surface area contributed by atoms with E-state index in [4.69, 9.17) is 34.8 Å². The summed E-state index contributed by atoms with van der Waals surface area (Å²) in [5, 5.41) is 12.7. The molecule has 1 aromatic heterocycles. The van der Waals surface area contributed by atoms with Gasteiger partial charge in [0.1, 0.15) is 6.33 Å². The molecule has 1 heterocycles. The fourth-order valence-electron chi connectivity index (χ4n) is 2.16. The van der Waals surface area contributed by atoms with E-state index < -0.39 is 16.5 Å². The minimum absolute atomic E-state index is 0.0913. The molecule has 0 radical (unpaired) electrons. The molecule has 1 amide bonds. The summed E-state index contributed by atoms with van der Waals surface area (Å²) in [6.45, 7) is 0. The molecular weight excluding hydrogens is 461 g/mol. The molecule has 0 bridgehead atoms. The lowest BCUT2D eigenvalue weighted by molar-refractivity contribution is -0.387. The number of rotatable bonds is 6. The monoisotopic (exact) mass is 469 g/mol. The van der Waals surface area contributed by atoms with Crippen LogP contribution in [0.2, 0.25) is 15.1 Å². The topological polar surface area (TPSA) is 110 Å². The third kappa shape index (κ3) is 5.27. The molecule has 12 heteroatoms. The lowest BCUT2D eigenvalue weighted by Gasteiger charge is -2.10. The molecule has 0 spiro atoms. The average molecular weight is 471 g/mol. The Balaban J connectivity index is 1.82. The van der Waals surface area contributed by atoms with E-state index in [1.165, 1.54) is 18.2 Å². The first-order chi connectivity index (χ1) is 13.8. The Kier molecular flexibility index (Phi) is 6.75. The maximum atomic E-state index is 12.3. The van der Waals surface area contributed by atoms with Crippen LogP contribution < -0.4 is 10.9 Å². The molecule has 2 aromatic carbocycles. The van der Waals surface area contributed by atoms with Crippen molar-refractivity contribution in [1.82, 2.24) is 15.4 Å². The minimum atomic E-state index is -0.637. The van der Waals surface area contributed by atoms with E-state index >= 15 is 0 Å². The van der Waals surface area contributed by atoms with Crippen molar-refractivity contribution < 1.29 is 9.72 Å². The van der Waals surface area contributed by atoms with Gasteiger partial charge in [0, 0.05) is 14.9 Å². The van der Waals surface area contributed by atoms with Crippen molar-refractivity contribution in [3.63, 3.8) is 0 Å². The number of benzene rings is 2. The SMILES string of the molecule is O=C(NNc1ncnc(Sc2ccc(Cl)cc2)c1[N+](=O)[O-])c1ccc(Cl)cc1Cl. The van der Waals surface area contributed by atoms with Crippen molar-refractivity contribution in [1.29, 1.82) is 0 Å². The second kappa shape index (κ2) is 9.27. The number of nitrogens with one attached hydrogen (secondary N) is 2. The van der Waals surface area contributed by atoms with Crippen LogP contribution in [0, 0.1) is 10.1 Å². The van der Waals surface area contributed by atoms with Crippen LogP contribution in [0.25, 0.3) is 0 Å². The van der Waals surface area contributed by atoms with Gasteiger partial charge in [-0.1, -0.05) is 46.6 Å². The Labute approximate surface area is 183 Å². The maximum absolute atomic E-state index is 12.3. The minimum Gasteiger partial charge on any atom is -0.276 e. The molecule has 0 saturated heterocycles. The second-order valence-electron chi connectivity index (χ2n) is 5.39. The zero-order chi connectivity index (χ0) is 21.0. The van der Waals surface area contributed by atoms with E-state index in [1.807, 2.05) is 0 Å². The summed E-state index contributed by atoms with van der Waals surface area (Å²) in [5.41, 5.74) is 4.52. The molecule has 0 aliphatic heterocycles. The molecular formula is C17H10Cl3N5O3S. The molecule has 3 rings (SSSR count). The van der Waals surface area contributed by atoms with Gasteiger partial charge in [-0.05, 0) is 42.5 Å². The summed E-state index contributed by atoms with van der Waals surface area (Å²) in [7, 11) is 0. The van der Waals surface area contributed by atoms with E-state index in [-0.39, 0.29) is 21.4 Å². The molecule has 0 fully saturated rings. The number of amides is 1. The largest absolute Gasteiger partial charge is 0.345 e. The van der Waals surface area contributed by atoms with Crippen LogP contribution in [0.4, 0.5) is 11.5 Å². The summed E-state index contributed by atoms with van der Waals surface area (Å²) < 4.78 is 0. The molecule has 2 N–H and O–H groups in total. The fraction of sp³-hybridized carbons (Fsp3) is 0. The number of nitrogens with zero attached hydrogens (tertiary/aromatic N) is 3. The third-order valence-corrected chi connectivity index (χ3v) is 5.27. The summed E-state index contributed by atoms with van der Waals surface area (Å²) in [6, 6.07) is 11.1. The highest BCUT2D eigenvalue weighted by atomic mass is 35.5. The summed E-state index contributed by atoms with van der Waals surface area (Å²) in [5.74, 6) is -0.800. The van der Waals surface area contributed by atoms with Gasteiger partial charge in [0.2, 0.25) is 5.82 Å². The predicted octanol–water partition coefficient (Wildman–Crippen LogP) is 5.25. The van der Waals surface area contributed by atoms with Crippen molar-refractivity contribution in [2.75, 3.05) is 5.43 Å². The van der Waals surface area contributed by atoms with E-state index in [0.717, 1.165) is 18.1 Å². The zero-order valence-electron chi connectivity index (χ0n) is 14.2. The number of anilines is 1. The number of hydrogen-bond donors (Lipinski definition) is 2. The molecule has 3 aromatic rings. The van der Waals surface area contributed by atoms with Gasteiger partial charge in [-0.15, -0.1) is 0 Å². The quantitative estimate of drug-likeness (QED) is 0.287. The van der Waals surface area contributed by atoms with E-state index in [2.05, 4.69) is 20.8 Å². The molecule has 0 aliphatic carbocycles. The lowest BCUT2D eigenvalue weighted by Crippen LogP contribution is -2.30. The number of hydrazine groups is 1. The smallest absolute Gasteiger partial charge is 0.276 e. The van der Waals surface area contributed by atoms with Crippen LogP contribution in [0.1, 0.15) is 10.4 Å². The lowest BCUT2D eigenvalue weighted by atomic mass is 10.2. The molecule has 0 saturated carbocycles. The molecule has 148 valence electrons. The molecule has 0 aliphatic rings. The Morgan fingerprint density at radius 3 is 2.38 bits per heavy atom. The van der Waals surface area contributed by atoms with E-state index in [9.17, 15) is 14.9 Å². The predicted molar refractivity (Wildman–Crippen MR) is 112 cm³/mol. The maximum Gasteiger partial charge on any atom is 0.345 e. The molecule has 0 atom stereocenters. The van der Waals surface area contributed by atoms with Gasteiger partial charge in [-0.3, -0.25) is 25.8 Å². The summed E-state index contributed by atoms with van der Waals surface area (Å²) in [6.07, 6.45) is 1.15. The van der Waals surface area contributed by atoms with E-state index in [1.54, 1.807) is 24.3 Å². The number of aromatic nitrogens is 2. The van der Waals surface area contributed by atoms with E-state index in [0.29, 0.717) is 14.9 Å². The highest BCUT2D eigenvalue weighted by Gasteiger charge is 2.24. The number of carbonyl (C=O) groups excluding carboxylic acids is 1. The van der Waals surface area contributed by atoms with Gasteiger partial charge < -0.3 is 0 Å². The van der Waals surface area contributed by atoms with Crippen LogP contribution >= 0.6 is 46.6 Å². The van der Waals surface area contributed by atoms with Gasteiger partial charge in [0.25, 0.3) is 5.91 Å². The Morgan fingerprint density at radius 1 is 1.03 bits per heavy atom.